The van der Waals surface area contributed by atoms with Gasteiger partial charge in [0.1, 0.15) is 0 Å². The Balaban J connectivity index is 0.000000150. The first kappa shape index (κ1) is 41.5. The van der Waals surface area contributed by atoms with Crippen LogP contribution < -0.4 is 24.8 Å². The van der Waals surface area contributed by atoms with Crippen LogP contribution in [0, 0.1) is 47.1 Å². The maximum Gasteiger partial charge on any atom is -1.00 e. The van der Waals surface area contributed by atoms with Gasteiger partial charge in [-0.25, -0.2) is 11.1 Å². The van der Waals surface area contributed by atoms with Gasteiger partial charge < -0.3 is 24.8 Å². The number of allylic oxidation sites excluding steroid dienone is 8. The molecule has 4 saturated carbocycles. The smallest absolute Gasteiger partial charge is 1.00 e. The Bertz CT molecular complexity index is 1970. The summed E-state index contributed by atoms with van der Waals surface area (Å²) in [6.45, 7) is 18.2. The van der Waals surface area contributed by atoms with Crippen molar-refractivity contribution < 1.29 is 53.4 Å². The van der Waals surface area contributed by atoms with E-state index < -0.39 is 0 Å². The number of halogens is 3. The van der Waals surface area contributed by atoms with Crippen molar-refractivity contribution in [3.05, 3.63) is 129 Å². The first-order chi connectivity index (χ1) is 24.6. The molecule has 0 saturated heterocycles. The monoisotopic (exact) mass is 834 g/mol. The summed E-state index contributed by atoms with van der Waals surface area (Å²) >= 11 is 1.34. The Kier molecular flexibility index (Phi) is 11.8. The molecule has 0 amide bonds. The normalized spacial score (nSPS) is 27.5. The van der Waals surface area contributed by atoms with Crippen LogP contribution >= 0.6 is 0 Å². The van der Waals surface area contributed by atoms with Gasteiger partial charge in [-0.1, -0.05) is 84.4 Å². The topological polar surface area (TPSA) is 0 Å². The molecule has 8 aliphatic carbocycles. The number of hydrogen-bond acceptors (Lipinski definition) is 0. The van der Waals surface area contributed by atoms with Crippen LogP contribution in [0.25, 0.3) is 22.3 Å². The quantitative estimate of drug-likeness (QED) is 0.197. The first-order valence-electron chi connectivity index (χ1n) is 19.9. The molecule has 0 N–H and O–H groups in total. The van der Waals surface area contributed by atoms with Crippen LogP contribution in [-0.4, -0.2) is 3.71 Å². The molecule has 4 heteroatoms. The molecule has 0 aromatic heterocycles. The maximum atomic E-state index is 12.2. The van der Waals surface area contributed by atoms with Gasteiger partial charge in [0.05, 0.1) is 0 Å². The third kappa shape index (κ3) is 7.77. The molecule has 0 spiro atoms. The van der Waals surface area contributed by atoms with E-state index in [1.807, 2.05) is 3.71 Å². The second kappa shape index (κ2) is 15.3. The van der Waals surface area contributed by atoms with Crippen molar-refractivity contribution in [2.45, 2.75) is 118 Å². The van der Waals surface area contributed by atoms with Crippen molar-refractivity contribution in [3.8, 4) is 11.1 Å². The van der Waals surface area contributed by atoms with E-state index in [-0.39, 0.29) is 41.5 Å². The largest absolute Gasteiger partial charge is 1.00 e. The summed E-state index contributed by atoms with van der Waals surface area (Å²) in [6.07, 6.45) is 23.9. The Morgan fingerprint density at radius 3 is 1.85 bits per heavy atom. The average molecular weight is 837 g/mol. The van der Waals surface area contributed by atoms with Gasteiger partial charge in [0.15, 0.2) is 0 Å². The van der Waals surface area contributed by atoms with E-state index in [9.17, 15) is 4.39 Å². The van der Waals surface area contributed by atoms with Crippen molar-refractivity contribution in [3.63, 3.8) is 0 Å². The van der Waals surface area contributed by atoms with E-state index in [1.165, 1.54) is 104 Å². The van der Waals surface area contributed by atoms with Gasteiger partial charge in [-0.05, 0) is 120 Å². The molecule has 0 heterocycles. The van der Waals surface area contributed by atoms with Crippen LogP contribution in [0.1, 0.15) is 139 Å². The fourth-order valence-electron chi connectivity index (χ4n) is 11.8. The summed E-state index contributed by atoms with van der Waals surface area (Å²) in [5.74, 6) is 3.65. The minimum Gasteiger partial charge on any atom is -1.00 e. The van der Waals surface area contributed by atoms with E-state index >= 15 is 0 Å². The van der Waals surface area contributed by atoms with Gasteiger partial charge in [0, 0.05) is 5.41 Å². The fraction of sp³-hybridized carbons (Fsp3) is 0.460. The van der Waals surface area contributed by atoms with Crippen LogP contribution in [0.3, 0.4) is 0 Å². The third-order valence-electron chi connectivity index (χ3n) is 13.6. The summed E-state index contributed by atoms with van der Waals surface area (Å²) in [4.78, 5) is 0. The summed E-state index contributed by atoms with van der Waals surface area (Å²) in [6, 6.07) is 16.3. The summed E-state index contributed by atoms with van der Waals surface area (Å²) in [5, 5.41) is 0. The predicted octanol–water partition coefficient (Wildman–Crippen LogP) is 6.90. The van der Waals surface area contributed by atoms with Gasteiger partial charge >= 0.3 is 68.0 Å². The zero-order valence-electron chi connectivity index (χ0n) is 33.5. The molecule has 3 aromatic rings. The van der Waals surface area contributed by atoms with Crippen LogP contribution in [0.4, 0.5) is 4.39 Å². The summed E-state index contributed by atoms with van der Waals surface area (Å²) < 4.78 is 14.2. The Morgan fingerprint density at radius 2 is 1.31 bits per heavy atom. The van der Waals surface area contributed by atoms with Crippen molar-refractivity contribution in [1.82, 2.24) is 0 Å². The number of rotatable bonds is 3. The van der Waals surface area contributed by atoms with Gasteiger partial charge in [-0.15, -0.1) is 11.6 Å². The molecule has 3 aromatic carbocycles. The molecule has 4 bridgehead atoms. The SMILES string of the molecule is CC1=[C-]C(C)(C)c2cc3c(cc21)-c1cc2c(cc1C3)C(C)(C)C=C2C.CC1=[C-]C(C)C=C1CC12CC3CC(CC(C3)C1)C2.Fc1ccc([CH]=[Zr+2])cc1.[Cl-].[Cl-]. The zero-order valence-corrected chi connectivity index (χ0v) is 37.4. The molecular weight excluding hydrogens is 782 g/mol. The molecular formula is C50H55Cl2FZr-2. The van der Waals surface area contributed by atoms with Gasteiger partial charge in [-0.3, -0.25) is 12.2 Å². The second-order valence-corrected chi connectivity index (χ2v) is 19.5. The minimum absolute atomic E-state index is 0. The molecule has 11 rings (SSSR count). The summed E-state index contributed by atoms with van der Waals surface area (Å²) in [5.41, 5.74) is 19.4. The molecule has 1 unspecified atom stereocenters. The predicted molar refractivity (Wildman–Crippen MR) is 213 cm³/mol. The summed E-state index contributed by atoms with van der Waals surface area (Å²) in [7, 11) is 0. The molecule has 4 fully saturated rings. The fourth-order valence-corrected chi connectivity index (χ4v) is 12.3. The molecule has 0 aliphatic heterocycles. The van der Waals surface area contributed by atoms with Crippen molar-refractivity contribution in [2.24, 2.45) is 29.1 Å². The van der Waals surface area contributed by atoms with E-state index in [4.69, 9.17) is 0 Å². The molecule has 0 nitrogen and oxygen atoms in total. The van der Waals surface area contributed by atoms with Crippen LogP contribution in [-0.2, 0) is 41.5 Å². The Labute approximate surface area is 352 Å². The van der Waals surface area contributed by atoms with E-state index in [2.05, 4.69) is 104 Å². The first-order valence-corrected chi connectivity index (χ1v) is 21.3. The molecule has 282 valence electrons. The standard InChI is InChI=1S/C25H25.C18H25.C7H5F.2ClH.Zr/c1-14-12-24(3,4)22-8-16-7-17-9-23-19(15(2)13-25(23,5)6)11-21(17)20(16)10-18(14)22;1-12-3-13(2)17(4-12)11-18-8-14-5-15(9-18)7-16(6-14)10-18;1-6-2-4-7(8)5-3-6;;;/h8-12H,7H2,1-6H3;4,12,14-16H,5-11H2,1-2H3;1-5H;2*1H;/q2*-1;;;;+2/p-2. The Morgan fingerprint density at radius 1 is 0.759 bits per heavy atom. The molecule has 1 atom stereocenters. The molecule has 0 radical (unpaired) electrons. The van der Waals surface area contributed by atoms with Gasteiger partial charge in [0.25, 0.3) is 0 Å². The van der Waals surface area contributed by atoms with Gasteiger partial charge in [0.2, 0.25) is 0 Å². The number of fused-ring (bicyclic) bond motifs is 5. The molecule has 54 heavy (non-hydrogen) atoms. The minimum atomic E-state index is -0.170. The number of benzene rings is 3. The van der Waals surface area contributed by atoms with E-state index in [1.54, 1.807) is 56.2 Å². The van der Waals surface area contributed by atoms with Crippen LogP contribution in [0.5, 0.6) is 0 Å². The Hall–Kier alpha value is -2.12. The molecule has 8 aliphatic rings. The number of hydrogen-bond donors (Lipinski definition) is 0. The zero-order chi connectivity index (χ0) is 36.7. The van der Waals surface area contributed by atoms with E-state index in [0.29, 0.717) is 11.3 Å². The van der Waals surface area contributed by atoms with Crippen molar-refractivity contribution >= 4 is 14.9 Å². The van der Waals surface area contributed by atoms with Gasteiger partial charge in [-0.2, -0.15) is 17.2 Å². The third-order valence-corrected chi connectivity index (χ3v) is 14.4. The maximum absolute atomic E-state index is 12.2. The van der Waals surface area contributed by atoms with Crippen molar-refractivity contribution in [2.75, 3.05) is 0 Å². The second-order valence-electron chi connectivity index (χ2n) is 18.8. The van der Waals surface area contributed by atoms with Crippen LogP contribution in [0.15, 0.2) is 71.8 Å². The van der Waals surface area contributed by atoms with Crippen LogP contribution in [0.2, 0.25) is 0 Å². The van der Waals surface area contributed by atoms with Crippen molar-refractivity contribution in [1.29, 1.82) is 0 Å². The van der Waals surface area contributed by atoms with E-state index in [0.717, 1.165) is 29.7 Å². The average Bonchev–Trinajstić information content (AvgIpc) is 3.72.